The van der Waals surface area contributed by atoms with Crippen LogP contribution in [0.25, 0.3) is 6.08 Å². The second-order valence-electron chi connectivity index (χ2n) is 6.35. The van der Waals surface area contributed by atoms with E-state index in [0.29, 0.717) is 46.7 Å². The minimum atomic E-state index is -0.315. The summed E-state index contributed by atoms with van der Waals surface area (Å²) < 4.78 is 32.8. The fourth-order valence-corrected chi connectivity index (χ4v) is 2.92. The van der Waals surface area contributed by atoms with Crippen molar-refractivity contribution in [1.82, 2.24) is 0 Å². The summed E-state index contributed by atoms with van der Waals surface area (Å²) in [4.78, 5) is 13.1. The molecule has 0 aromatic heterocycles. The van der Waals surface area contributed by atoms with Crippen molar-refractivity contribution in [2.24, 2.45) is 0 Å². The number of carbonyl (C=O) groups is 1. The highest BCUT2D eigenvalue weighted by molar-refractivity contribution is 6.10. The number of carbonyl (C=O) groups excluding carboxylic acids is 1. The van der Waals surface area contributed by atoms with Gasteiger partial charge in [-0.15, -0.1) is 0 Å². The van der Waals surface area contributed by atoms with Crippen LogP contribution < -0.4 is 28.4 Å². The molecule has 0 spiro atoms. The summed E-state index contributed by atoms with van der Waals surface area (Å²) >= 11 is 0. The Morgan fingerprint density at radius 2 is 1.34 bits per heavy atom. The van der Waals surface area contributed by atoms with Gasteiger partial charge in [0.25, 0.3) is 0 Å². The van der Waals surface area contributed by atoms with Crippen molar-refractivity contribution in [3.8, 4) is 34.5 Å². The lowest BCUT2D eigenvalue weighted by atomic mass is 10.1. The number of ketones is 1. The summed E-state index contributed by atoms with van der Waals surface area (Å²) in [6.45, 7) is 7.81. The van der Waals surface area contributed by atoms with E-state index < -0.39 is 0 Å². The summed E-state index contributed by atoms with van der Waals surface area (Å²) in [5.74, 6) is 2.25. The molecule has 0 radical (unpaired) electrons. The molecule has 0 N–H and O–H groups in total. The van der Waals surface area contributed by atoms with Crippen LogP contribution >= 0.6 is 0 Å². The monoisotopic (exact) mass is 440 g/mol. The highest BCUT2D eigenvalue weighted by Crippen LogP contribution is 2.39. The molecule has 0 heterocycles. The molecule has 0 aliphatic rings. The molecular weight excluding hydrogens is 412 g/mol. The number of ether oxygens (including phenoxy) is 6. The van der Waals surface area contributed by atoms with E-state index in [0.717, 1.165) is 0 Å². The molecule has 0 saturated carbocycles. The number of hydrogen-bond acceptors (Lipinski definition) is 7. The zero-order valence-corrected chi connectivity index (χ0v) is 18.8. The fourth-order valence-electron chi connectivity index (χ4n) is 2.92. The summed E-state index contributed by atoms with van der Waals surface area (Å²) in [5.41, 5.74) is 0.954. The summed E-state index contributed by atoms with van der Waals surface area (Å²) in [6.07, 6.45) is 6.27. The zero-order valence-electron chi connectivity index (χ0n) is 18.8. The molecule has 0 aliphatic heterocycles. The molecule has 170 valence electrons. The van der Waals surface area contributed by atoms with Crippen LogP contribution in [0.4, 0.5) is 0 Å². The van der Waals surface area contributed by atoms with E-state index in [9.17, 15) is 4.79 Å². The Balaban J connectivity index is 2.46. The second-order valence-corrected chi connectivity index (χ2v) is 6.35. The Morgan fingerprint density at radius 3 is 1.88 bits per heavy atom. The lowest BCUT2D eigenvalue weighted by molar-refractivity contribution is 0.104. The molecule has 2 aromatic carbocycles. The van der Waals surface area contributed by atoms with Gasteiger partial charge in [0, 0.05) is 12.1 Å². The maximum Gasteiger partial charge on any atom is 0.203 e. The molecule has 7 nitrogen and oxygen atoms in total. The van der Waals surface area contributed by atoms with Gasteiger partial charge in [0.15, 0.2) is 17.3 Å². The van der Waals surface area contributed by atoms with E-state index in [2.05, 4.69) is 13.2 Å². The Morgan fingerprint density at radius 1 is 0.781 bits per heavy atom. The molecule has 0 aliphatic carbocycles. The zero-order chi connectivity index (χ0) is 23.5. The van der Waals surface area contributed by atoms with Gasteiger partial charge in [-0.3, -0.25) is 4.79 Å². The molecule has 0 atom stereocenters. The van der Waals surface area contributed by atoms with Crippen molar-refractivity contribution in [2.75, 3.05) is 41.7 Å². The van der Waals surface area contributed by atoms with Crippen LogP contribution in [-0.4, -0.2) is 47.4 Å². The number of benzene rings is 2. The molecule has 7 heteroatoms. The first-order valence-electron chi connectivity index (χ1n) is 9.74. The molecule has 2 aromatic rings. The maximum atomic E-state index is 13.1. The van der Waals surface area contributed by atoms with E-state index in [4.69, 9.17) is 28.4 Å². The molecular formula is C25H28O7. The van der Waals surface area contributed by atoms with Crippen LogP contribution in [0.1, 0.15) is 15.9 Å². The Labute approximate surface area is 188 Å². The molecule has 0 bridgehead atoms. The normalized spacial score (nSPS) is 10.4. The third-order valence-corrected chi connectivity index (χ3v) is 4.34. The lowest BCUT2D eigenvalue weighted by Crippen LogP contribution is -2.06. The van der Waals surface area contributed by atoms with Gasteiger partial charge in [-0.1, -0.05) is 31.4 Å². The number of methoxy groups -OCH3 is 4. The molecule has 0 saturated heterocycles. The predicted octanol–water partition coefficient (Wildman–Crippen LogP) is 4.75. The van der Waals surface area contributed by atoms with Crippen LogP contribution in [0.5, 0.6) is 34.5 Å². The van der Waals surface area contributed by atoms with Crippen molar-refractivity contribution in [3.63, 3.8) is 0 Å². The van der Waals surface area contributed by atoms with E-state index >= 15 is 0 Å². The van der Waals surface area contributed by atoms with Gasteiger partial charge in [-0.2, -0.15) is 0 Å². The SMILES string of the molecule is C=CCOc1cc(OC)c(C(=O)/C=C\c2cc(OC)c(OC)c(OC)c2)c(OCC=C)c1. The summed E-state index contributed by atoms with van der Waals surface area (Å²) in [5, 5.41) is 0. The van der Waals surface area contributed by atoms with Crippen molar-refractivity contribution in [2.45, 2.75) is 0 Å². The first-order chi connectivity index (χ1) is 15.5. The van der Waals surface area contributed by atoms with Crippen LogP contribution in [0.2, 0.25) is 0 Å². The second kappa shape index (κ2) is 12.1. The number of allylic oxidation sites excluding steroid dienone is 1. The van der Waals surface area contributed by atoms with Gasteiger partial charge in [-0.25, -0.2) is 0 Å². The van der Waals surface area contributed by atoms with Gasteiger partial charge in [-0.05, 0) is 23.8 Å². The van der Waals surface area contributed by atoms with Crippen molar-refractivity contribution in [3.05, 3.63) is 66.8 Å². The molecule has 0 fully saturated rings. The third-order valence-electron chi connectivity index (χ3n) is 4.34. The van der Waals surface area contributed by atoms with Gasteiger partial charge in [0.05, 0.1) is 28.4 Å². The average molecular weight is 440 g/mol. The Bertz CT molecular complexity index is 967. The molecule has 32 heavy (non-hydrogen) atoms. The van der Waals surface area contributed by atoms with Crippen LogP contribution in [0, 0.1) is 0 Å². The minimum absolute atomic E-state index is 0.213. The first-order valence-corrected chi connectivity index (χ1v) is 9.74. The Kier molecular flexibility index (Phi) is 9.22. The van der Waals surface area contributed by atoms with Crippen molar-refractivity contribution < 1.29 is 33.2 Å². The minimum Gasteiger partial charge on any atom is -0.496 e. The van der Waals surface area contributed by atoms with Gasteiger partial charge in [0.2, 0.25) is 5.75 Å². The predicted molar refractivity (Wildman–Crippen MR) is 124 cm³/mol. The van der Waals surface area contributed by atoms with E-state index in [1.54, 1.807) is 42.5 Å². The van der Waals surface area contributed by atoms with Crippen molar-refractivity contribution in [1.29, 1.82) is 0 Å². The van der Waals surface area contributed by atoms with Gasteiger partial charge >= 0.3 is 0 Å². The van der Waals surface area contributed by atoms with E-state index in [1.165, 1.54) is 34.5 Å². The average Bonchev–Trinajstić information content (AvgIpc) is 2.83. The third kappa shape index (κ3) is 5.85. The van der Waals surface area contributed by atoms with E-state index in [-0.39, 0.29) is 18.0 Å². The fraction of sp³-hybridized carbons (Fsp3) is 0.240. The van der Waals surface area contributed by atoms with Crippen LogP contribution in [0.15, 0.2) is 55.7 Å². The Hall–Kier alpha value is -3.87. The van der Waals surface area contributed by atoms with Gasteiger partial charge in [0.1, 0.15) is 36.0 Å². The largest absolute Gasteiger partial charge is 0.496 e. The highest BCUT2D eigenvalue weighted by Gasteiger charge is 2.19. The van der Waals surface area contributed by atoms with Crippen LogP contribution in [-0.2, 0) is 0 Å². The smallest absolute Gasteiger partial charge is 0.203 e. The number of rotatable bonds is 13. The summed E-state index contributed by atoms with van der Waals surface area (Å²) in [6, 6.07) is 6.74. The number of hydrogen-bond donors (Lipinski definition) is 0. The van der Waals surface area contributed by atoms with Crippen LogP contribution in [0.3, 0.4) is 0 Å². The van der Waals surface area contributed by atoms with Crippen molar-refractivity contribution >= 4 is 11.9 Å². The molecule has 2 rings (SSSR count). The topological polar surface area (TPSA) is 72.5 Å². The molecule has 0 amide bonds. The molecule has 0 unspecified atom stereocenters. The standard InChI is InChI=1S/C25H28O7/c1-7-11-31-18-15-20(27-3)24(21(16-18)32-12-8-2)19(26)10-9-17-13-22(28-4)25(30-6)23(14-17)29-5/h7-10,13-16H,1-2,11-12H2,3-6H3/b10-9-. The highest BCUT2D eigenvalue weighted by atomic mass is 16.5. The lowest BCUT2D eigenvalue weighted by Gasteiger charge is -2.15. The van der Waals surface area contributed by atoms with Gasteiger partial charge < -0.3 is 28.4 Å². The first kappa shape index (κ1) is 24.4. The maximum absolute atomic E-state index is 13.1. The quantitative estimate of drug-likeness (QED) is 0.253. The van der Waals surface area contributed by atoms with E-state index in [1.807, 2.05) is 0 Å². The summed E-state index contributed by atoms with van der Waals surface area (Å²) in [7, 11) is 6.06.